The molecule has 0 saturated heterocycles. The van der Waals surface area contributed by atoms with Crippen LogP contribution in [-0.2, 0) is 18.3 Å². The van der Waals surface area contributed by atoms with Crippen LogP contribution in [-0.4, -0.2) is 0 Å². The molecule has 1 atom stereocenters. The van der Waals surface area contributed by atoms with Crippen LogP contribution in [0.1, 0.15) is 101 Å². The average molecular weight is 539 g/mol. The summed E-state index contributed by atoms with van der Waals surface area (Å²) in [6, 6.07) is 21.9. The van der Waals surface area contributed by atoms with Crippen molar-refractivity contribution in [3.05, 3.63) is 106 Å². The van der Waals surface area contributed by atoms with E-state index in [1.807, 2.05) is 0 Å². The molecule has 3 aliphatic carbocycles. The van der Waals surface area contributed by atoms with E-state index in [0.29, 0.717) is 17.8 Å². The van der Waals surface area contributed by atoms with Crippen LogP contribution in [0.4, 0.5) is 0 Å². The Morgan fingerprint density at radius 3 is 2.24 bits per heavy atom. The summed E-state index contributed by atoms with van der Waals surface area (Å²) in [4.78, 5) is 0. The predicted octanol–water partition coefficient (Wildman–Crippen LogP) is 11.5. The number of fused-ring (bicyclic) bond motifs is 4. The van der Waals surface area contributed by atoms with Crippen molar-refractivity contribution < 1.29 is 0 Å². The van der Waals surface area contributed by atoms with Gasteiger partial charge in [0, 0.05) is 5.41 Å². The lowest BCUT2D eigenvalue weighted by atomic mass is 9.65. The molecule has 0 aliphatic heterocycles. The van der Waals surface area contributed by atoms with E-state index in [9.17, 15) is 0 Å². The SMILES string of the molecule is CCC(CC)C1=CC2(CC(C(CC)CC)=C1)c1ccc3cc(CC(C)C)cc4c3c1-c1c(cc3ccccc3c12)C4. The Bertz CT molecular complexity index is 1730. The van der Waals surface area contributed by atoms with Crippen molar-refractivity contribution in [2.45, 2.75) is 91.9 Å². The molecule has 0 bridgehead atoms. The van der Waals surface area contributed by atoms with E-state index in [2.05, 4.69) is 108 Å². The summed E-state index contributed by atoms with van der Waals surface area (Å²) in [6.45, 7) is 14.2. The van der Waals surface area contributed by atoms with Gasteiger partial charge in [-0.05, 0) is 129 Å². The van der Waals surface area contributed by atoms with Crippen molar-refractivity contribution in [1.29, 1.82) is 0 Å². The second-order valence-electron chi connectivity index (χ2n) is 13.7. The van der Waals surface area contributed by atoms with Gasteiger partial charge in [0.05, 0.1) is 0 Å². The maximum absolute atomic E-state index is 2.77. The zero-order chi connectivity index (χ0) is 28.5. The van der Waals surface area contributed by atoms with Gasteiger partial charge in [-0.1, -0.05) is 114 Å². The predicted molar refractivity (Wildman–Crippen MR) is 178 cm³/mol. The molecular weight excluding hydrogens is 492 g/mol. The molecule has 0 fully saturated rings. The Morgan fingerprint density at radius 2 is 1.51 bits per heavy atom. The van der Waals surface area contributed by atoms with E-state index in [1.54, 1.807) is 33.4 Å². The van der Waals surface area contributed by atoms with Gasteiger partial charge >= 0.3 is 0 Å². The third kappa shape index (κ3) is 3.93. The van der Waals surface area contributed by atoms with Gasteiger partial charge in [0.25, 0.3) is 0 Å². The van der Waals surface area contributed by atoms with Gasteiger partial charge in [-0.15, -0.1) is 0 Å². The minimum atomic E-state index is -0.0999. The fourth-order valence-electron chi connectivity index (χ4n) is 8.99. The lowest BCUT2D eigenvalue weighted by molar-refractivity contribution is 0.491. The highest BCUT2D eigenvalue weighted by Gasteiger charge is 2.48. The second kappa shape index (κ2) is 10.0. The third-order valence-corrected chi connectivity index (χ3v) is 10.8. The molecule has 0 radical (unpaired) electrons. The molecule has 0 heterocycles. The molecule has 0 amide bonds. The topological polar surface area (TPSA) is 0 Å². The van der Waals surface area contributed by atoms with Gasteiger partial charge in [-0.25, -0.2) is 0 Å². The first-order valence-corrected chi connectivity index (χ1v) is 16.5. The lowest BCUT2D eigenvalue weighted by Gasteiger charge is -2.38. The summed E-state index contributed by atoms with van der Waals surface area (Å²) in [7, 11) is 0. The molecule has 0 N–H and O–H groups in total. The maximum Gasteiger partial charge on any atom is 0.0443 e. The maximum atomic E-state index is 2.77. The summed E-state index contributed by atoms with van der Waals surface area (Å²) in [5.41, 5.74) is 14.0. The molecule has 210 valence electrons. The summed E-state index contributed by atoms with van der Waals surface area (Å²) >= 11 is 0. The first kappa shape index (κ1) is 26.8. The molecule has 7 rings (SSSR count). The van der Waals surface area contributed by atoms with Crippen LogP contribution in [0.15, 0.2) is 77.9 Å². The number of allylic oxidation sites excluding steroid dienone is 4. The fourth-order valence-corrected chi connectivity index (χ4v) is 8.99. The van der Waals surface area contributed by atoms with Crippen LogP contribution in [0.3, 0.4) is 0 Å². The highest BCUT2D eigenvalue weighted by Crippen LogP contribution is 2.62. The van der Waals surface area contributed by atoms with Gasteiger partial charge in [0.1, 0.15) is 0 Å². The van der Waals surface area contributed by atoms with E-state index in [1.165, 1.54) is 63.9 Å². The smallest absolute Gasteiger partial charge is 0.0443 e. The molecule has 0 heteroatoms. The second-order valence-corrected chi connectivity index (χ2v) is 13.7. The number of rotatable bonds is 8. The van der Waals surface area contributed by atoms with Gasteiger partial charge in [0.2, 0.25) is 0 Å². The van der Waals surface area contributed by atoms with Crippen molar-refractivity contribution in [2.24, 2.45) is 17.8 Å². The minimum absolute atomic E-state index is 0.0999. The molecule has 0 nitrogen and oxygen atoms in total. The number of benzene rings is 4. The molecule has 3 aliphatic rings. The van der Waals surface area contributed by atoms with E-state index in [-0.39, 0.29) is 5.41 Å². The Balaban J connectivity index is 1.60. The number of hydrogen-bond acceptors (Lipinski definition) is 0. The van der Waals surface area contributed by atoms with Crippen LogP contribution in [0.25, 0.3) is 32.7 Å². The first-order chi connectivity index (χ1) is 19.9. The van der Waals surface area contributed by atoms with Crippen LogP contribution in [0, 0.1) is 17.8 Å². The monoisotopic (exact) mass is 538 g/mol. The summed E-state index contributed by atoms with van der Waals surface area (Å²) in [6.07, 6.45) is 13.5. The summed E-state index contributed by atoms with van der Waals surface area (Å²) < 4.78 is 0. The zero-order valence-corrected chi connectivity index (χ0v) is 26.0. The highest BCUT2D eigenvalue weighted by molar-refractivity contribution is 6.11. The molecule has 41 heavy (non-hydrogen) atoms. The largest absolute Gasteiger partial charge is 0.0657 e. The standard InChI is InChI=1S/C41H46/c1-7-27(8-2)33-22-34(28(9-3)10-4)24-41(23-33)36-16-15-30-18-26(17-25(5)6)19-31-21-32-20-29-13-11-12-14-35(29)40(41)38(32)39(36)37(30)31/h11-16,18-20,22-23,25,27-28H,7-10,17,21,24H2,1-6H3. The van der Waals surface area contributed by atoms with E-state index in [0.717, 1.165) is 19.3 Å². The highest BCUT2D eigenvalue weighted by atomic mass is 14.5. The van der Waals surface area contributed by atoms with E-state index in [4.69, 9.17) is 0 Å². The van der Waals surface area contributed by atoms with Crippen molar-refractivity contribution in [2.75, 3.05) is 0 Å². The average Bonchev–Trinajstić information content (AvgIpc) is 3.24. The molecule has 1 unspecified atom stereocenters. The molecule has 1 spiro atoms. The lowest BCUT2D eigenvalue weighted by Crippen LogP contribution is -2.29. The van der Waals surface area contributed by atoms with Crippen molar-refractivity contribution in [1.82, 2.24) is 0 Å². The molecule has 0 aromatic heterocycles. The van der Waals surface area contributed by atoms with Crippen molar-refractivity contribution in [3.63, 3.8) is 0 Å². The quantitative estimate of drug-likeness (QED) is 0.184. The Morgan fingerprint density at radius 1 is 0.756 bits per heavy atom. The van der Waals surface area contributed by atoms with Gasteiger partial charge in [-0.3, -0.25) is 0 Å². The molecule has 0 saturated carbocycles. The van der Waals surface area contributed by atoms with Crippen LogP contribution < -0.4 is 0 Å². The zero-order valence-electron chi connectivity index (χ0n) is 26.0. The van der Waals surface area contributed by atoms with Gasteiger partial charge in [0.15, 0.2) is 0 Å². The first-order valence-electron chi connectivity index (χ1n) is 16.5. The molecule has 4 aromatic rings. The van der Waals surface area contributed by atoms with Crippen molar-refractivity contribution in [3.8, 4) is 11.1 Å². The van der Waals surface area contributed by atoms with E-state index >= 15 is 0 Å². The number of hydrogen-bond donors (Lipinski definition) is 0. The van der Waals surface area contributed by atoms with Crippen LogP contribution in [0.2, 0.25) is 0 Å². The Labute approximate surface area is 247 Å². The van der Waals surface area contributed by atoms with Gasteiger partial charge < -0.3 is 0 Å². The van der Waals surface area contributed by atoms with Crippen LogP contribution in [0.5, 0.6) is 0 Å². The van der Waals surface area contributed by atoms with Crippen molar-refractivity contribution >= 4 is 21.5 Å². The summed E-state index contributed by atoms with van der Waals surface area (Å²) in [5.74, 6) is 1.92. The molecular formula is C41H46. The van der Waals surface area contributed by atoms with Gasteiger partial charge in [-0.2, -0.15) is 0 Å². The Kier molecular flexibility index (Phi) is 6.53. The summed E-state index contributed by atoms with van der Waals surface area (Å²) in [5, 5.41) is 5.84. The minimum Gasteiger partial charge on any atom is -0.0657 e. The normalized spacial score (nSPS) is 18.9. The fraction of sp³-hybridized carbons (Fsp3) is 0.415. The third-order valence-electron chi connectivity index (χ3n) is 10.8. The Hall–Kier alpha value is -3.12. The van der Waals surface area contributed by atoms with Crippen LogP contribution >= 0.6 is 0 Å². The van der Waals surface area contributed by atoms with E-state index < -0.39 is 0 Å². The molecule has 4 aromatic carbocycles.